The van der Waals surface area contributed by atoms with Crippen LogP contribution in [0, 0.1) is 0 Å². The summed E-state index contributed by atoms with van der Waals surface area (Å²) >= 11 is 5.81. The lowest BCUT2D eigenvalue weighted by molar-refractivity contribution is 0.481. The lowest BCUT2D eigenvalue weighted by Gasteiger charge is -2.11. The van der Waals surface area contributed by atoms with Gasteiger partial charge in [0.15, 0.2) is 0 Å². The van der Waals surface area contributed by atoms with E-state index in [4.69, 9.17) is 16.3 Å². The topological polar surface area (TPSA) is 9.23 Å². The van der Waals surface area contributed by atoms with Crippen molar-refractivity contribution in [3.05, 3.63) is 66.7 Å². The molecule has 86 valence electrons. The molecule has 0 unspecified atom stereocenters. The number of rotatable bonds is 4. The van der Waals surface area contributed by atoms with Gasteiger partial charge in [0.1, 0.15) is 11.5 Å². The Morgan fingerprint density at radius 2 is 1.65 bits per heavy atom. The van der Waals surface area contributed by atoms with Crippen molar-refractivity contribution in [2.75, 3.05) is 5.88 Å². The second-order valence-corrected chi connectivity index (χ2v) is 3.92. The summed E-state index contributed by atoms with van der Waals surface area (Å²) in [6.45, 7) is 3.93. The third kappa shape index (κ3) is 2.89. The van der Waals surface area contributed by atoms with Crippen molar-refractivity contribution in [2.24, 2.45) is 0 Å². The van der Waals surface area contributed by atoms with Crippen molar-refractivity contribution in [2.45, 2.75) is 0 Å². The van der Waals surface area contributed by atoms with Crippen LogP contribution in [0.2, 0.25) is 0 Å². The van der Waals surface area contributed by atoms with Gasteiger partial charge in [-0.15, -0.1) is 11.6 Å². The van der Waals surface area contributed by atoms with E-state index in [0.717, 1.165) is 22.6 Å². The fourth-order valence-electron chi connectivity index (χ4n) is 1.54. The highest BCUT2D eigenvalue weighted by molar-refractivity contribution is 6.23. The van der Waals surface area contributed by atoms with Crippen molar-refractivity contribution in [3.63, 3.8) is 0 Å². The molecule has 1 nitrogen and oxygen atoms in total. The average Bonchev–Trinajstić information content (AvgIpc) is 2.40. The molecule has 0 atom stereocenters. The number of para-hydroxylation sites is 2. The van der Waals surface area contributed by atoms with E-state index < -0.39 is 0 Å². The summed E-state index contributed by atoms with van der Waals surface area (Å²) in [6, 6.07) is 17.4. The summed E-state index contributed by atoms with van der Waals surface area (Å²) in [6.07, 6.45) is 0. The highest BCUT2D eigenvalue weighted by Gasteiger charge is 2.06. The van der Waals surface area contributed by atoms with Crippen LogP contribution in [-0.2, 0) is 0 Å². The molecule has 0 spiro atoms. The molecule has 17 heavy (non-hydrogen) atoms. The summed E-state index contributed by atoms with van der Waals surface area (Å²) in [5.41, 5.74) is 1.81. The minimum Gasteiger partial charge on any atom is -0.457 e. The molecule has 0 bridgehead atoms. The van der Waals surface area contributed by atoms with Gasteiger partial charge in [-0.1, -0.05) is 43.0 Å². The van der Waals surface area contributed by atoms with Crippen molar-refractivity contribution >= 4 is 17.2 Å². The van der Waals surface area contributed by atoms with E-state index in [-0.39, 0.29) is 0 Å². The summed E-state index contributed by atoms with van der Waals surface area (Å²) < 4.78 is 5.81. The lowest BCUT2D eigenvalue weighted by atomic mass is 10.1. The molecule has 2 aromatic rings. The molecule has 0 radical (unpaired) electrons. The molecule has 2 heteroatoms. The van der Waals surface area contributed by atoms with Crippen molar-refractivity contribution in [3.8, 4) is 11.5 Å². The Labute approximate surface area is 106 Å². The van der Waals surface area contributed by atoms with E-state index in [1.165, 1.54) is 0 Å². The molecule has 0 aliphatic heterocycles. The van der Waals surface area contributed by atoms with Gasteiger partial charge < -0.3 is 4.74 Å². The lowest BCUT2D eigenvalue weighted by Crippen LogP contribution is -1.91. The maximum atomic E-state index is 5.81. The summed E-state index contributed by atoms with van der Waals surface area (Å²) in [5, 5.41) is 0. The van der Waals surface area contributed by atoms with E-state index in [2.05, 4.69) is 6.58 Å². The van der Waals surface area contributed by atoms with Gasteiger partial charge in [0.05, 0.1) is 0 Å². The standard InChI is InChI=1S/C15H13ClO/c1-12(11-16)14-9-5-6-10-15(14)17-13-7-3-2-4-8-13/h2-10H,1,11H2. The highest BCUT2D eigenvalue weighted by atomic mass is 35.5. The smallest absolute Gasteiger partial charge is 0.134 e. The number of ether oxygens (including phenoxy) is 1. The molecule has 0 aliphatic rings. The fourth-order valence-corrected chi connectivity index (χ4v) is 1.68. The number of alkyl halides is 1. The van der Waals surface area contributed by atoms with Gasteiger partial charge in [-0.05, 0) is 23.8 Å². The number of benzene rings is 2. The highest BCUT2D eigenvalue weighted by Crippen LogP contribution is 2.29. The van der Waals surface area contributed by atoms with Crippen LogP contribution in [0.4, 0.5) is 0 Å². The zero-order valence-electron chi connectivity index (χ0n) is 9.40. The first-order chi connectivity index (χ1) is 8.31. The Hall–Kier alpha value is -1.73. The van der Waals surface area contributed by atoms with Gasteiger partial charge in [-0.25, -0.2) is 0 Å². The maximum absolute atomic E-state index is 5.81. The van der Waals surface area contributed by atoms with Crippen LogP contribution >= 0.6 is 11.6 Å². The molecule has 0 N–H and O–H groups in total. The fraction of sp³-hybridized carbons (Fsp3) is 0.0667. The molecule has 0 aliphatic carbocycles. The Morgan fingerprint density at radius 1 is 1.00 bits per heavy atom. The van der Waals surface area contributed by atoms with Crippen LogP contribution in [0.25, 0.3) is 5.57 Å². The van der Waals surface area contributed by atoms with Gasteiger partial charge in [-0.2, -0.15) is 0 Å². The molecule has 2 aromatic carbocycles. The minimum atomic E-state index is 0.398. The molecule has 0 fully saturated rings. The van der Waals surface area contributed by atoms with Crippen LogP contribution in [-0.4, -0.2) is 5.88 Å². The molecular formula is C15H13ClO. The summed E-state index contributed by atoms with van der Waals surface area (Å²) in [5.74, 6) is 1.99. The number of hydrogen-bond acceptors (Lipinski definition) is 1. The first-order valence-corrected chi connectivity index (χ1v) is 5.91. The average molecular weight is 245 g/mol. The van der Waals surface area contributed by atoms with E-state index in [1.807, 2.05) is 54.6 Å². The van der Waals surface area contributed by atoms with Crippen molar-refractivity contribution < 1.29 is 4.74 Å². The minimum absolute atomic E-state index is 0.398. The second-order valence-electron chi connectivity index (χ2n) is 3.65. The van der Waals surface area contributed by atoms with E-state index in [1.54, 1.807) is 0 Å². The van der Waals surface area contributed by atoms with Gasteiger partial charge in [-0.3, -0.25) is 0 Å². The molecule has 0 heterocycles. The molecule has 0 amide bonds. The maximum Gasteiger partial charge on any atom is 0.134 e. The first kappa shape index (κ1) is 11.7. The predicted octanol–water partition coefficient (Wildman–Crippen LogP) is 4.73. The molecule has 0 saturated heterocycles. The molecule has 0 aromatic heterocycles. The van der Waals surface area contributed by atoms with Crippen LogP contribution in [0.3, 0.4) is 0 Å². The monoisotopic (exact) mass is 244 g/mol. The largest absolute Gasteiger partial charge is 0.457 e. The molecule has 0 saturated carbocycles. The second kappa shape index (κ2) is 5.55. The third-order valence-electron chi connectivity index (χ3n) is 2.40. The van der Waals surface area contributed by atoms with E-state index in [9.17, 15) is 0 Å². The predicted molar refractivity (Wildman–Crippen MR) is 72.7 cm³/mol. The van der Waals surface area contributed by atoms with Gasteiger partial charge in [0, 0.05) is 11.4 Å². The van der Waals surface area contributed by atoms with Crippen molar-refractivity contribution in [1.82, 2.24) is 0 Å². The quantitative estimate of drug-likeness (QED) is 0.707. The zero-order valence-corrected chi connectivity index (χ0v) is 10.2. The normalized spacial score (nSPS) is 9.94. The van der Waals surface area contributed by atoms with Crippen LogP contribution in [0.1, 0.15) is 5.56 Å². The number of hydrogen-bond donors (Lipinski definition) is 0. The van der Waals surface area contributed by atoms with Crippen LogP contribution in [0.5, 0.6) is 11.5 Å². The number of allylic oxidation sites excluding steroid dienone is 1. The van der Waals surface area contributed by atoms with Gasteiger partial charge in [0.25, 0.3) is 0 Å². The Bertz CT molecular complexity index is 505. The molecular weight excluding hydrogens is 232 g/mol. The Morgan fingerprint density at radius 3 is 2.35 bits per heavy atom. The van der Waals surface area contributed by atoms with Gasteiger partial charge in [0.2, 0.25) is 0 Å². The first-order valence-electron chi connectivity index (χ1n) is 5.37. The van der Waals surface area contributed by atoms with Gasteiger partial charge >= 0.3 is 0 Å². The summed E-state index contributed by atoms with van der Waals surface area (Å²) in [7, 11) is 0. The van der Waals surface area contributed by atoms with E-state index in [0.29, 0.717) is 5.88 Å². The van der Waals surface area contributed by atoms with E-state index >= 15 is 0 Å². The Kier molecular flexibility index (Phi) is 3.84. The Balaban J connectivity index is 2.30. The number of halogens is 1. The third-order valence-corrected chi connectivity index (χ3v) is 2.72. The van der Waals surface area contributed by atoms with Crippen LogP contribution in [0.15, 0.2) is 61.2 Å². The molecule has 2 rings (SSSR count). The van der Waals surface area contributed by atoms with Crippen molar-refractivity contribution in [1.29, 1.82) is 0 Å². The van der Waals surface area contributed by atoms with Crippen LogP contribution < -0.4 is 4.74 Å². The SMILES string of the molecule is C=C(CCl)c1ccccc1Oc1ccccc1. The summed E-state index contributed by atoms with van der Waals surface area (Å²) in [4.78, 5) is 0. The zero-order chi connectivity index (χ0) is 12.1.